The molecule has 0 rings (SSSR count). The highest BCUT2D eigenvalue weighted by molar-refractivity contribution is 5.94. The van der Waals surface area contributed by atoms with Crippen LogP contribution in [0.4, 0.5) is 0 Å². The Morgan fingerprint density at radius 3 is 1.85 bits per heavy atom. The van der Waals surface area contributed by atoms with Crippen LogP contribution < -0.4 is 21.7 Å². The standard InChI is InChI=1S/C17H32N4O6/c1-6-9(4)14(21-15(25)12(18)10(5)22)17(27)20-13(8(2)3)16(26)19-7-11(23)24/h8-10,12-14,22H,6-7,18H2,1-5H3,(H,19,26)(H,20,27)(H,21,25)(H,23,24). The molecule has 0 aromatic carbocycles. The summed E-state index contributed by atoms with van der Waals surface area (Å²) in [6, 6.07) is -3.12. The molecule has 0 aromatic rings. The Kier molecular flexibility index (Phi) is 10.6. The lowest BCUT2D eigenvalue weighted by Gasteiger charge is -2.29. The van der Waals surface area contributed by atoms with Gasteiger partial charge in [-0.15, -0.1) is 0 Å². The smallest absolute Gasteiger partial charge is 0.322 e. The summed E-state index contributed by atoms with van der Waals surface area (Å²) in [5.74, 6) is -3.66. The first kappa shape index (κ1) is 24.8. The molecule has 27 heavy (non-hydrogen) atoms. The fourth-order valence-corrected chi connectivity index (χ4v) is 2.22. The van der Waals surface area contributed by atoms with Gasteiger partial charge in [-0.25, -0.2) is 0 Å². The molecule has 0 heterocycles. The van der Waals surface area contributed by atoms with E-state index in [-0.39, 0.29) is 11.8 Å². The van der Waals surface area contributed by atoms with Gasteiger partial charge >= 0.3 is 5.97 Å². The number of carboxylic acids is 1. The van der Waals surface area contributed by atoms with Crippen molar-refractivity contribution in [3.05, 3.63) is 0 Å². The molecule has 5 unspecified atom stereocenters. The molecule has 0 aromatic heterocycles. The van der Waals surface area contributed by atoms with E-state index in [1.54, 1.807) is 20.8 Å². The van der Waals surface area contributed by atoms with Crippen LogP contribution in [0.3, 0.4) is 0 Å². The second kappa shape index (κ2) is 11.5. The molecule has 0 saturated heterocycles. The molecule has 0 aliphatic carbocycles. The number of carbonyl (C=O) groups is 4. The molecule has 0 spiro atoms. The number of hydrogen-bond donors (Lipinski definition) is 6. The van der Waals surface area contributed by atoms with Crippen LogP contribution in [0, 0.1) is 11.8 Å². The number of carbonyl (C=O) groups excluding carboxylic acids is 3. The summed E-state index contributed by atoms with van der Waals surface area (Å²) in [4.78, 5) is 47.6. The third-order valence-electron chi connectivity index (χ3n) is 4.28. The maximum atomic E-state index is 12.7. The number of amides is 3. The maximum Gasteiger partial charge on any atom is 0.322 e. The van der Waals surface area contributed by atoms with Gasteiger partial charge < -0.3 is 31.9 Å². The van der Waals surface area contributed by atoms with Crippen LogP contribution in [-0.4, -0.2) is 64.7 Å². The van der Waals surface area contributed by atoms with Gasteiger partial charge in [0.2, 0.25) is 17.7 Å². The first-order valence-electron chi connectivity index (χ1n) is 8.96. The first-order chi connectivity index (χ1) is 12.4. The molecule has 3 amide bonds. The van der Waals surface area contributed by atoms with Crippen molar-refractivity contribution in [3.63, 3.8) is 0 Å². The summed E-state index contributed by atoms with van der Waals surface area (Å²) in [7, 11) is 0. The molecule has 10 heteroatoms. The van der Waals surface area contributed by atoms with Gasteiger partial charge in [-0.1, -0.05) is 34.1 Å². The van der Waals surface area contributed by atoms with Crippen molar-refractivity contribution in [2.45, 2.75) is 65.3 Å². The van der Waals surface area contributed by atoms with E-state index in [1.165, 1.54) is 6.92 Å². The number of hydrogen-bond acceptors (Lipinski definition) is 6. The second-order valence-electron chi connectivity index (χ2n) is 6.98. The molecule has 156 valence electrons. The van der Waals surface area contributed by atoms with Crippen molar-refractivity contribution in [1.82, 2.24) is 16.0 Å². The summed E-state index contributed by atoms with van der Waals surface area (Å²) in [6.45, 7) is 7.80. The molecule has 0 radical (unpaired) electrons. The maximum absolute atomic E-state index is 12.7. The lowest BCUT2D eigenvalue weighted by Crippen LogP contribution is -2.59. The molecule has 7 N–H and O–H groups in total. The van der Waals surface area contributed by atoms with Crippen LogP contribution >= 0.6 is 0 Å². The van der Waals surface area contributed by atoms with E-state index in [1.807, 2.05) is 6.92 Å². The summed E-state index contributed by atoms with van der Waals surface area (Å²) < 4.78 is 0. The van der Waals surface area contributed by atoms with E-state index in [0.717, 1.165) is 0 Å². The molecule has 5 atom stereocenters. The Balaban J connectivity index is 5.26. The monoisotopic (exact) mass is 388 g/mol. The van der Waals surface area contributed by atoms with E-state index in [2.05, 4.69) is 16.0 Å². The van der Waals surface area contributed by atoms with Gasteiger partial charge in [0.1, 0.15) is 24.7 Å². The van der Waals surface area contributed by atoms with Gasteiger partial charge in [-0.3, -0.25) is 19.2 Å². The predicted molar refractivity (Wildman–Crippen MR) is 98.5 cm³/mol. The Morgan fingerprint density at radius 2 is 1.44 bits per heavy atom. The van der Waals surface area contributed by atoms with Crippen molar-refractivity contribution in [2.24, 2.45) is 17.6 Å². The second-order valence-corrected chi connectivity index (χ2v) is 6.98. The lowest BCUT2D eigenvalue weighted by molar-refractivity contribution is -0.139. The molecular formula is C17H32N4O6. The van der Waals surface area contributed by atoms with Crippen molar-refractivity contribution in [3.8, 4) is 0 Å². The lowest BCUT2D eigenvalue weighted by atomic mass is 9.96. The predicted octanol–water partition coefficient (Wildman–Crippen LogP) is -1.43. The topological polar surface area (TPSA) is 171 Å². The third kappa shape index (κ3) is 8.35. The number of nitrogens with two attached hydrogens (primary N) is 1. The number of nitrogens with one attached hydrogen (secondary N) is 3. The fourth-order valence-electron chi connectivity index (χ4n) is 2.22. The minimum Gasteiger partial charge on any atom is -0.480 e. The van der Waals surface area contributed by atoms with Gasteiger partial charge in [-0.05, 0) is 18.8 Å². The Morgan fingerprint density at radius 1 is 0.926 bits per heavy atom. The molecular weight excluding hydrogens is 356 g/mol. The highest BCUT2D eigenvalue weighted by Gasteiger charge is 2.32. The summed E-state index contributed by atoms with van der Waals surface area (Å²) in [5.41, 5.74) is 5.60. The largest absolute Gasteiger partial charge is 0.480 e. The van der Waals surface area contributed by atoms with Crippen LogP contribution in [0.25, 0.3) is 0 Å². The number of aliphatic hydroxyl groups excluding tert-OH is 1. The zero-order valence-corrected chi connectivity index (χ0v) is 16.5. The summed E-state index contributed by atoms with van der Waals surface area (Å²) in [6.07, 6.45) is -0.518. The van der Waals surface area contributed by atoms with Crippen molar-refractivity contribution < 1.29 is 29.4 Å². The Labute approximate surface area is 159 Å². The van der Waals surface area contributed by atoms with E-state index in [4.69, 9.17) is 10.8 Å². The van der Waals surface area contributed by atoms with Crippen LogP contribution in [0.1, 0.15) is 41.0 Å². The van der Waals surface area contributed by atoms with Crippen LogP contribution in [0.2, 0.25) is 0 Å². The summed E-state index contributed by atoms with van der Waals surface area (Å²) in [5, 5.41) is 25.4. The molecule has 0 bridgehead atoms. The average Bonchev–Trinajstić information content (AvgIpc) is 2.59. The van der Waals surface area contributed by atoms with Gasteiger partial charge in [0, 0.05) is 0 Å². The fraction of sp³-hybridized carbons (Fsp3) is 0.765. The Bertz CT molecular complexity index is 538. The number of aliphatic hydroxyl groups is 1. The third-order valence-corrected chi connectivity index (χ3v) is 4.28. The van der Waals surface area contributed by atoms with Crippen molar-refractivity contribution in [1.29, 1.82) is 0 Å². The number of aliphatic carboxylic acids is 1. The van der Waals surface area contributed by atoms with E-state index in [9.17, 15) is 24.3 Å². The highest BCUT2D eigenvalue weighted by Crippen LogP contribution is 2.10. The van der Waals surface area contributed by atoms with E-state index in [0.29, 0.717) is 6.42 Å². The molecule has 0 aliphatic rings. The molecule has 0 aliphatic heterocycles. The zero-order valence-electron chi connectivity index (χ0n) is 16.5. The SMILES string of the molecule is CCC(C)C(NC(=O)C(N)C(C)O)C(=O)NC(C(=O)NCC(=O)O)C(C)C. The van der Waals surface area contributed by atoms with Crippen LogP contribution in [0.15, 0.2) is 0 Å². The van der Waals surface area contributed by atoms with Gasteiger partial charge in [-0.2, -0.15) is 0 Å². The molecule has 10 nitrogen and oxygen atoms in total. The first-order valence-corrected chi connectivity index (χ1v) is 8.96. The van der Waals surface area contributed by atoms with E-state index < -0.39 is 54.5 Å². The minimum atomic E-state index is -1.20. The molecule has 0 saturated carbocycles. The minimum absolute atomic E-state index is 0.259. The quantitative estimate of drug-likeness (QED) is 0.252. The van der Waals surface area contributed by atoms with Crippen LogP contribution in [0.5, 0.6) is 0 Å². The average molecular weight is 388 g/mol. The van der Waals surface area contributed by atoms with Gasteiger partial charge in [0.25, 0.3) is 0 Å². The molecule has 0 fully saturated rings. The summed E-state index contributed by atoms with van der Waals surface area (Å²) >= 11 is 0. The van der Waals surface area contributed by atoms with Crippen LogP contribution in [-0.2, 0) is 19.2 Å². The number of rotatable bonds is 11. The normalized spacial score (nSPS) is 16.6. The van der Waals surface area contributed by atoms with Crippen molar-refractivity contribution in [2.75, 3.05) is 6.54 Å². The van der Waals surface area contributed by atoms with E-state index >= 15 is 0 Å². The highest BCUT2D eigenvalue weighted by atomic mass is 16.4. The Hall–Kier alpha value is -2.20. The van der Waals surface area contributed by atoms with Gasteiger partial charge in [0.05, 0.1) is 6.10 Å². The number of carboxylic acid groups (broad SMARTS) is 1. The van der Waals surface area contributed by atoms with Gasteiger partial charge in [0.15, 0.2) is 0 Å². The zero-order chi connectivity index (χ0) is 21.3. The van der Waals surface area contributed by atoms with Crippen molar-refractivity contribution >= 4 is 23.7 Å².